The van der Waals surface area contributed by atoms with E-state index in [0.29, 0.717) is 35.1 Å². The summed E-state index contributed by atoms with van der Waals surface area (Å²) in [5.41, 5.74) is 7.47. The molecular formula is C24H32N4O6. The van der Waals surface area contributed by atoms with Crippen LogP contribution in [0.2, 0.25) is 0 Å². The first-order valence-electron chi connectivity index (χ1n) is 11.4. The Balaban J connectivity index is 2.27. The van der Waals surface area contributed by atoms with Gasteiger partial charge in [0.2, 0.25) is 5.76 Å². The van der Waals surface area contributed by atoms with Crippen molar-refractivity contribution in [1.29, 1.82) is 0 Å². The number of hydrogen-bond acceptors (Lipinski definition) is 9. The number of aromatic nitrogens is 1. The van der Waals surface area contributed by atoms with Crippen molar-refractivity contribution in [2.24, 2.45) is 10.7 Å². The van der Waals surface area contributed by atoms with Crippen LogP contribution in [0.3, 0.4) is 0 Å². The molecule has 3 rings (SSSR count). The van der Waals surface area contributed by atoms with Gasteiger partial charge in [0.05, 0.1) is 37.3 Å². The first kappa shape index (κ1) is 25.2. The first-order valence-corrected chi connectivity index (χ1v) is 11.4. The van der Waals surface area contributed by atoms with Crippen LogP contribution in [0.15, 0.2) is 27.9 Å². The number of carbonyl (C=O) groups is 2. The van der Waals surface area contributed by atoms with Gasteiger partial charge in [-0.1, -0.05) is 0 Å². The zero-order chi connectivity index (χ0) is 24.8. The molecule has 3 heterocycles. The normalized spacial score (nSPS) is 21.1. The SMILES string of the molecule is CCOC(=O)c1oc2cnc(/C(C=NC)=C/N)cc2c1N(C(=O)OCC)C1CC(C)OC(C)C1. The number of pyridine rings is 1. The number of furan rings is 1. The maximum Gasteiger partial charge on any atom is 0.414 e. The zero-order valence-corrected chi connectivity index (χ0v) is 20.2. The predicted molar refractivity (Wildman–Crippen MR) is 129 cm³/mol. The van der Waals surface area contributed by atoms with Crippen molar-refractivity contribution in [3.63, 3.8) is 0 Å². The fourth-order valence-corrected chi connectivity index (χ4v) is 4.25. The Hall–Kier alpha value is -3.40. The van der Waals surface area contributed by atoms with Crippen LogP contribution in [0.1, 0.15) is 56.8 Å². The maximum atomic E-state index is 13.3. The van der Waals surface area contributed by atoms with Crippen LogP contribution in [-0.2, 0) is 14.2 Å². The highest BCUT2D eigenvalue weighted by Gasteiger charge is 2.38. The molecule has 10 nitrogen and oxygen atoms in total. The lowest BCUT2D eigenvalue weighted by molar-refractivity contribution is -0.0374. The molecule has 0 radical (unpaired) electrons. The number of nitrogens with zero attached hydrogens (tertiary/aromatic N) is 3. The average Bonchev–Trinajstić information content (AvgIpc) is 3.16. The Kier molecular flexibility index (Phi) is 8.27. The number of amides is 1. The highest BCUT2D eigenvalue weighted by atomic mass is 16.6. The molecule has 1 aliphatic rings. The third-order valence-electron chi connectivity index (χ3n) is 5.50. The fraction of sp³-hybridized carbons (Fsp3) is 0.500. The van der Waals surface area contributed by atoms with Crippen molar-refractivity contribution >= 4 is 40.5 Å². The van der Waals surface area contributed by atoms with Crippen molar-refractivity contribution in [3.8, 4) is 0 Å². The van der Waals surface area contributed by atoms with Gasteiger partial charge >= 0.3 is 12.1 Å². The second-order valence-electron chi connectivity index (χ2n) is 8.03. The summed E-state index contributed by atoms with van der Waals surface area (Å²) >= 11 is 0. The van der Waals surface area contributed by atoms with Crippen LogP contribution in [0.4, 0.5) is 10.5 Å². The van der Waals surface area contributed by atoms with Gasteiger partial charge in [0.25, 0.3) is 0 Å². The molecule has 2 unspecified atom stereocenters. The van der Waals surface area contributed by atoms with Crippen molar-refractivity contribution in [2.45, 2.75) is 58.8 Å². The second-order valence-corrected chi connectivity index (χ2v) is 8.03. The van der Waals surface area contributed by atoms with Gasteiger partial charge in [0, 0.05) is 36.5 Å². The quantitative estimate of drug-likeness (QED) is 0.474. The van der Waals surface area contributed by atoms with Crippen LogP contribution >= 0.6 is 0 Å². The molecule has 1 amide bonds. The van der Waals surface area contributed by atoms with Gasteiger partial charge in [-0.15, -0.1) is 0 Å². The van der Waals surface area contributed by atoms with E-state index in [1.807, 2.05) is 13.8 Å². The summed E-state index contributed by atoms with van der Waals surface area (Å²) in [5.74, 6) is -0.763. The van der Waals surface area contributed by atoms with Crippen LogP contribution < -0.4 is 10.6 Å². The average molecular weight is 473 g/mol. The lowest BCUT2D eigenvalue weighted by Gasteiger charge is -2.38. The number of fused-ring (bicyclic) bond motifs is 1. The van der Waals surface area contributed by atoms with Crippen molar-refractivity contribution in [1.82, 2.24) is 4.98 Å². The lowest BCUT2D eigenvalue weighted by atomic mass is 9.97. The highest BCUT2D eigenvalue weighted by Crippen LogP contribution is 2.39. The molecule has 2 atom stereocenters. The summed E-state index contributed by atoms with van der Waals surface area (Å²) in [4.78, 5) is 36.1. The van der Waals surface area contributed by atoms with Crippen LogP contribution in [0.5, 0.6) is 0 Å². The summed E-state index contributed by atoms with van der Waals surface area (Å²) in [5, 5.41) is 0.511. The number of esters is 1. The van der Waals surface area contributed by atoms with Gasteiger partial charge in [-0.3, -0.25) is 14.9 Å². The molecule has 10 heteroatoms. The highest BCUT2D eigenvalue weighted by molar-refractivity contribution is 6.13. The molecule has 0 saturated carbocycles. The molecule has 184 valence electrons. The number of allylic oxidation sites excluding steroid dienone is 1. The number of aliphatic imine (C=N–C) groups is 1. The van der Waals surface area contributed by atoms with Gasteiger partial charge in [0.1, 0.15) is 5.69 Å². The van der Waals surface area contributed by atoms with Crippen molar-refractivity contribution in [3.05, 3.63) is 29.9 Å². The molecule has 34 heavy (non-hydrogen) atoms. The van der Waals surface area contributed by atoms with E-state index in [9.17, 15) is 9.59 Å². The van der Waals surface area contributed by atoms with Crippen molar-refractivity contribution in [2.75, 3.05) is 25.2 Å². The van der Waals surface area contributed by atoms with Crippen molar-refractivity contribution < 1.29 is 28.2 Å². The van der Waals surface area contributed by atoms with E-state index >= 15 is 0 Å². The molecule has 0 bridgehead atoms. The predicted octanol–water partition coefficient (Wildman–Crippen LogP) is 3.92. The minimum Gasteiger partial charge on any atom is -0.460 e. The van der Waals surface area contributed by atoms with Crippen LogP contribution in [-0.4, -0.2) is 61.8 Å². The Morgan fingerprint density at radius 2 is 1.91 bits per heavy atom. The Morgan fingerprint density at radius 1 is 1.24 bits per heavy atom. The minimum atomic E-state index is -0.678. The number of rotatable bonds is 7. The van der Waals surface area contributed by atoms with E-state index < -0.39 is 12.1 Å². The van der Waals surface area contributed by atoms with Gasteiger partial charge in [-0.2, -0.15) is 0 Å². The van der Waals surface area contributed by atoms with Gasteiger partial charge in [0.15, 0.2) is 5.58 Å². The maximum absolute atomic E-state index is 13.3. The number of nitrogens with two attached hydrogens (primary N) is 1. The molecule has 2 aromatic rings. The van der Waals surface area contributed by atoms with Gasteiger partial charge in [-0.05, 0) is 46.6 Å². The summed E-state index contributed by atoms with van der Waals surface area (Å²) in [6.45, 7) is 7.67. The monoisotopic (exact) mass is 472 g/mol. The summed E-state index contributed by atoms with van der Waals surface area (Å²) in [6, 6.07) is 1.43. The van der Waals surface area contributed by atoms with E-state index in [1.54, 1.807) is 33.2 Å². The molecule has 1 fully saturated rings. The largest absolute Gasteiger partial charge is 0.460 e. The van der Waals surface area contributed by atoms with E-state index in [0.717, 1.165) is 0 Å². The van der Waals surface area contributed by atoms with Crippen LogP contribution in [0, 0.1) is 0 Å². The number of hydrogen-bond donors (Lipinski definition) is 1. The number of anilines is 1. The van der Waals surface area contributed by atoms with Gasteiger partial charge < -0.3 is 24.4 Å². The summed E-state index contributed by atoms with van der Waals surface area (Å²) in [6.07, 6.45) is 4.83. The molecular weight excluding hydrogens is 440 g/mol. The molecule has 2 N–H and O–H groups in total. The molecule has 2 aromatic heterocycles. The number of carbonyl (C=O) groups excluding carboxylic acids is 2. The summed E-state index contributed by atoms with van der Waals surface area (Å²) < 4.78 is 22.4. The first-order chi connectivity index (χ1) is 16.3. The fourth-order valence-electron chi connectivity index (χ4n) is 4.25. The molecule has 0 spiro atoms. The van der Waals surface area contributed by atoms with E-state index in [4.69, 9.17) is 24.4 Å². The third-order valence-corrected chi connectivity index (χ3v) is 5.50. The van der Waals surface area contributed by atoms with Gasteiger partial charge in [-0.25, -0.2) is 9.59 Å². The Bertz CT molecular complexity index is 1080. The van der Waals surface area contributed by atoms with Crippen LogP contribution in [0.25, 0.3) is 16.5 Å². The minimum absolute atomic E-state index is 0.0837. The smallest absolute Gasteiger partial charge is 0.414 e. The molecule has 0 aromatic carbocycles. The van der Waals surface area contributed by atoms with E-state index in [-0.39, 0.29) is 42.9 Å². The van der Waals surface area contributed by atoms with E-state index in [1.165, 1.54) is 17.3 Å². The molecule has 1 aliphatic heterocycles. The van der Waals surface area contributed by atoms with E-state index in [2.05, 4.69) is 9.98 Å². The topological polar surface area (TPSA) is 129 Å². The lowest BCUT2D eigenvalue weighted by Crippen LogP contribution is -2.48. The Labute approximate surface area is 198 Å². The molecule has 0 aliphatic carbocycles. The Morgan fingerprint density at radius 3 is 2.50 bits per heavy atom. The second kappa shape index (κ2) is 11.1. The third kappa shape index (κ3) is 5.22. The number of ether oxygens (including phenoxy) is 3. The standard InChI is InChI=1S/C24H32N4O6/c1-6-31-23(29)22-21(18-10-19(16(11-25)12-26-5)27-13-20(18)34-22)28(24(30)32-7-2)17-8-14(3)33-15(4)9-17/h10-15,17H,6-9,25H2,1-5H3/b16-11+,26-12?. The summed E-state index contributed by atoms with van der Waals surface area (Å²) in [7, 11) is 1.63. The zero-order valence-electron chi connectivity index (χ0n) is 20.2. The molecule has 1 saturated heterocycles.